The first-order valence-electron chi connectivity index (χ1n) is 8.92. The Labute approximate surface area is 158 Å². The van der Waals surface area contributed by atoms with Crippen LogP contribution in [-0.4, -0.2) is 24.0 Å². The molecule has 2 rings (SSSR count). The summed E-state index contributed by atoms with van der Waals surface area (Å²) in [6.45, 7) is 6.68. The number of nitro groups is 1. The summed E-state index contributed by atoms with van der Waals surface area (Å²) in [6, 6.07) is 9.60. The molecule has 0 saturated heterocycles. The van der Waals surface area contributed by atoms with Crippen LogP contribution in [-0.2, 0) is 0 Å². The smallest absolute Gasteiger partial charge is 0.273 e. The minimum absolute atomic E-state index is 0.0852. The van der Waals surface area contributed by atoms with Gasteiger partial charge in [0.2, 0.25) is 0 Å². The number of carbonyl (C=O) groups is 1. The molecule has 0 heterocycles. The lowest BCUT2D eigenvalue weighted by Crippen LogP contribution is -2.14. The molecule has 27 heavy (non-hydrogen) atoms. The topological polar surface area (TPSA) is 90.7 Å². The number of ether oxygens (including phenoxy) is 2. The van der Waals surface area contributed by atoms with Gasteiger partial charge in [0.15, 0.2) is 11.5 Å². The van der Waals surface area contributed by atoms with Crippen molar-refractivity contribution in [2.75, 3.05) is 18.5 Å². The molecule has 1 amide bonds. The number of nitrogens with zero attached hydrogens (tertiary/aromatic N) is 1. The van der Waals surface area contributed by atoms with Crippen molar-refractivity contribution in [3.8, 4) is 11.5 Å². The Hall–Kier alpha value is -3.09. The Balaban J connectivity index is 2.24. The number of hydrogen-bond donors (Lipinski definition) is 1. The standard InChI is InChI=1S/C20H24N2O5/c1-4-11-26-18-10-9-15(13-19(18)27-12-5-2)21-20(23)16-7-6-8-17(14(16)3)22(24)25/h6-10,13H,4-5,11-12H2,1-3H3,(H,21,23). The van der Waals surface area contributed by atoms with Gasteiger partial charge >= 0.3 is 0 Å². The van der Waals surface area contributed by atoms with Crippen molar-refractivity contribution in [3.05, 3.63) is 57.6 Å². The number of nitro benzene ring substituents is 1. The second kappa shape index (κ2) is 9.56. The lowest BCUT2D eigenvalue weighted by Gasteiger charge is -2.14. The van der Waals surface area contributed by atoms with Gasteiger partial charge in [-0.3, -0.25) is 14.9 Å². The molecule has 0 unspecified atom stereocenters. The first-order chi connectivity index (χ1) is 13.0. The minimum Gasteiger partial charge on any atom is -0.490 e. The number of benzene rings is 2. The molecule has 1 N–H and O–H groups in total. The number of carbonyl (C=O) groups excluding carboxylic acids is 1. The molecule has 144 valence electrons. The third-order valence-electron chi connectivity index (χ3n) is 3.87. The SMILES string of the molecule is CCCOc1ccc(NC(=O)c2cccc([N+](=O)[O-])c2C)cc1OCCC. The van der Waals surface area contributed by atoms with E-state index in [0.717, 1.165) is 12.8 Å². The quantitative estimate of drug-likeness (QED) is 0.507. The maximum absolute atomic E-state index is 12.6. The van der Waals surface area contributed by atoms with Gasteiger partial charge in [-0.15, -0.1) is 0 Å². The van der Waals surface area contributed by atoms with Gasteiger partial charge in [0.1, 0.15) is 0 Å². The molecule has 0 radical (unpaired) electrons. The zero-order chi connectivity index (χ0) is 19.8. The summed E-state index contributed by atoms with van der Waals surface area (Å²) in [4.78, 5) is 23.2. The van der Waals surface area contributed by atoms with Crippen LogP contribution in [0.15, 0.2) is 36.4 Å². The van der Waals surface area contributed by atoms with E-state index in [0.29, 0.717) is 36.0 Å². The van der Waals surface area contributed by atoms with E-state index in [-0.39, 0.29) is 11.3 Å². The summed E-state index contributed by atoms with van der Waals surface area (Å²) in [5.41, 5.74) is 1.02. The van der Waals surface area contributed by atoms with Crippen molar-refractivity contribution < 1.29 is 19.2 Å². The molecule has 0 aromatic heterocycles. The molecule has 2 aromatic carbocycles. The molecular weight excluding hydrogens is 348 g/mol. The molecular formula is C20H24N2O5. The molecule has 0 fully saturated rings. The van der Waals surface area contributed by atoms with Crippen molar-refractivity contribution in [2.45, 2.75) is 33.6 Å². The number of rotatable bonds is 9. The molecule has 0 spiro atoms. The number of nitrogens with one attached hydrogen (secondary N) is 1. The maximum atomic E-state index is 12.6. The van der Waals surface area contributed by atoms with Crippen molar-refractivity contribution in [1.82, 2.24) is 0 Å². The Morgan fingerprint density at radius 2 is 1.74 bits per heavy atom. The Kier molecular flexibility index (Phi) is 7.16. The summed E-state index contributed by atoms with van der Waals surface area (Å²) >= 11 is 0. The minimum atomic E-state index is -0.497. The van der Waals surface area contributed by atoms with Crippen LogP contribution in [0.5, 0.6) is 11.5 Å². The summed E-state index contributed by atoms with van der Waals surface area (Å²) in [5, 5.41) is 13.8. The average molecular weight is 372 g/mol. The van der Waals surface area contributed by atoms with Crippen LogP contribution in [0.1, 0.15) is 42.6 Å². The molecule has 0 aliphatic carbocycles. The van der Waals surface area contributed by atoms with Crippen LogP contribution >= 0.6 is 0 Å². The first kappa shape index (κ1) is 20.2. The Morgan fingerprint density at radius 1 is 1.07 bits per heavy atom. The molecule has 0 atom stereocenters. The normalized spacial score (nSPS) is 10.3. The maximum Gasteiger partial charge on any atom is 0.273 e. The summed E-state index contributed by atoms with van der Waals surface area (Å²) in [7, 11) is 0. The van der Waals surface area contributed by atoms with Crippen LogP contribution < -0.4 is 14.8 Å². The number of anilines is 1. The van der Waals surface area contributed by atoms with Crippen LogP contribution in [0.25, 0.3) is 0 Å². The van der Waals surface area contributed by atoms with Crippen LogP contribution in [0.4, 0.5) is 11.4 Å². The lowest BCUT2D eigenvalue weighted by molar-refractivity contribution is -0.385. The van der Waals surface area contributed by atoms with E-state index >= 15 is 0 Å². The van der Waals surface area contributed by atoms with Gasteiger partial charge in [-0.1, -0.05) is 19.9 Å². The van der Waals surface area contributed by atoms with E-state index in [9.17, 15) is 14.9 Å². The van der Waals surface area contributed by atoms with Gasteiger partial charge < -0.3 is 14.8 Å². The third kappa shape index (κ3) is 5.20. The summed E-state index contributed by atoms with van der Waals surface area (Å²) in [5.74, 6) is 0.758. The first-order valence-corrected chi connectivity index (χ1v) is 8.92. The highest BCUT2D eigenvalue weighted by atomic mass is 16.6. The van der Waals surface area contributed by atoms with Gasteiger partial charge in [-0.25, -0.2) is 0 Å². The second-order valence-corrected chi connectivity index (χ2v) is 6.02. The van der Waals surface area contributed by atoms with E-state index in [2.05, 4.69) is 5.32 Å². The lowest BCUT2D eigenvalue weighted by atomic mass is 10.1. The monoisotopic (exact) mass is 372 g/mol. The second-order valence-electron chi connectivity index (χ2n) is 6.02. The van der Waals surface area contributed by atoms with Gasteiger partial charge in [0, 0.05) is 28.9 Å². The molecule has 0 saturated carbocycles. The van der Waals surface area contributed by atoms with E-state index in [1.165, 1.54) is 12.1 Å². The Morgan fingerprint density at radius 3 is 2.37 bits per heavy atom. The predicted octanol–water partition coefficient (Wildman–Crippen LogP) is 4.73. The molecule has 0 aliphatic heterocycles. The van der Waals surface area contributed by atoms with E-state index in [1.807, 2.05) is 13.8 Å². The zero-order valence-corrected chi connectivity index (χ0v) is 15.8. The third-order valence-corrected chi connectivity index (χ3v) is 3.87. The number of amides is 1. The van der Waals surface area contributed by atoms with Crippen molar-refractivity contribution in [3.63, 3.8) is 0 Å². The molecule has 0 bridgehead atoms. The van der Waals surface area contributed by atoms with Crippen LogP contribution in [0.2, 0.25) is 0 Å². The summed E-state index contributed by atoms with van der Waals surface area (Å²) in [6.07, 6.45) is 1.72. The van der Waals surface area contributed by atoms with E-state index in [1.54, 1.807) is 31.2 Å². The highest BCUT2D eigenvalue weighted by Crippen LogP contribution is 2.31. The highest BCUT2D eigenvalue weighted by molar-refractivity contribution is 6.06. The van der Waals surface area contributed by atoms with E-state index in [4.69, 9.17) is 9.47 Å². The molecule has 7 heteroatoms. The molecule has 7 nitrogen and oxygen atoms in total. The Bertz CT molecular complexity index is 820. The molecule has 0 aliphatic rings. The average Bonchev–Trinajstić information content (AvgIpc) is 2.65. The van der Waals surface area contributed by atoms with Gasteiger partial charge in [0.25, 0.3) is 11.6 Å². The zero-order valence-electron chi connectivity index (χ0n) is 15.8. The van der Waals surface area contributed by atoms with Gasteiger partial charge in [-0.05, 0) is 38.0 Å². The van der Waals surface area contributed by atoms with Crippen molar-refractivity contribution >= 4 is 17.3 Å². The van der Waals surface area contributed by atoms with E-state index < -0.39 is 10.8 Å². The highest BCUT2D eigenvalue weighted by Gasteiger charge is 2.18. The predicted molar refractivity (Wildman–Crippen MR) is 104 cm³/mol. The molecule has 2 aromatic rings. The van der Waals surface area contributed by atoms with Crippen LogP contribution in [0.3, 0.4) is 0 Å². The fraction of sp³-hybridized carbons (Fsp3) is 0.350. The number of hydrogen-bond acceptors (Lipinski definition) is 5. The fourth-order valence-electron chi connectivity index (χ4n) is 2.51. The largest absolute Gasteiger partial charge is 0.490 e. The van der Waals surface area contributed by atoms with Crippen molar-refractivity contribution in [1.29, 1.82) is 0 Å². The van der Waals surface area contributed by atoms with Gasteiger partial charge in [0.05, 0.1) is 18.1 Å². The summed E-state index contributed by atoms with van der Waals surface area (Å²) < 4.78 is 11.4. The van der Waals surface area contributed by atoms with Crippen LogP contribution in [0, 0.1) is 17.0 Å². The fourth-order valence-corrected chi connectivity index (χ4v) is 2.51. The van der Waals surface area contributed by atoms with Crippen molar-refractivity contribution in [2.24, 2.45) is 0 Å². The van der Waals surface area contributed by atoms with Gasteiger partial charge in [-0.2, -0.15) is 0 Å².